The molecule has 7 heteroatoms. The van der Waals surface area contributed by atoms with E-state index in [0.29, 0.717) is 56.5 Å². The molecule has 6 nitrogen and oxygen atoms in total. The van der Waals surface area contributed by atoms with Crippen molar-refractivity contribution in [3.8, 4) is 0 Å². The number of halogens is 1. The first-order valence-electron chi connectivity index (χ1n) is 15.2. The molecule has 0 aliphatic heterocycles. The number of carbonyl (C=O) groups excluding carboxylic acids is 2. The molecule has 0 saturated heterocycles. The summed E-state index contributed by atoms with van der Waals surface area (Å²) in [5.41, 5.74) is 1.86. The summed E-state index contributed by atoms with van der Waals surface area (Å²) < 4.78 is 7.49. The van der Waals surface area contributed by atoms with Crippen LogP contribution in [0.1, 0.15) is 70.1 Å². The normalized spacial score (nSPS) is 25.0. The van der Waals surface area contributed by atoms with E-state index in [2.05, 4.69) is 24.5 Å². The first-order chi connectivity index (χ1) is 19.3. The highest BCUT2D eigenvalue weighted by Crippen LogP contribution is 2.60. The molecule has 1 heterocycles. The van der Waals surface area contributed by atoms with Gasteiger partial charge in [-0.15, -0.1) is 0 Å². The zero-order valence-electron chi connectivity index (χ0n) is 24.5. The number of amides is 2. The van der Waals surface area contributed by atoms with E-state index in [1.165, 1.54) is 19.3 Å². The quantitative estimate of drug-likeness (QED) is 0.269. The molecule has 218 valence electrons. The molecule has 4 fully saturated rings. The van der Waals surface area contributed by atoms with Gasteiger partial charge in [0, 0.05) is 50.3 Å². The average molecular weight is 568 g/mol. The first kappa shape index (κ1) is 29.2. The third kappa shape index (κ3) is 6.60. The minimum atomic E-state index is -0.255. The van der Waals surface area contributed by atoms with Crippen LogP contribution in [0.5, 0.6) is 0 Å². The Morgan fingerprint density at radius 2 is 1.70 bits per heavy atom. The van der Waals surface area contributed by atoms with Gasteiger partial charge in [0.1, 0.15) is 0 Å². The minimum Gasteiger partial charge on any atom is -0.385 e. The summed E-state index contributed by atoms with van der Waals surface area (Å²) >= 11 is 6.45. The van der Waals surface area contributed by atoms with Crippen molar-refractivity contribution in [1.82, 2.24) is 14.4 Å². The van der Waals surface area contributed by atoms with Gasteiger partial charge in [-0.2, -0.15) is 0 Å². The molecule has 0 unspecified atom stereocenters. The van der Waals surface area contributed by atoms with Gasteiger partial charge in [-0.1, -0.05) is 43.6 Å². The van der Waals surface area contributed by atoms with Crippen LogP contribution in [0.25, 0.3) is 0 Å². The first-order valence-corrected chi connectivity index (χ1v) is 15.6. The molecule has 6 rings (SSSR count). The lowest BCUT2D eigenvalue weighted by Crippen LogP contribution is -2.56. The van der Waals surface area contributed by atoms with Crippen LogP contribution in [-0.4, -0.2) is 59.5 Å². The fourth-order valence-corrected chi connectivity index (χ4v) is 8.27. The third-order valence-corrected chi connectivity index (χ3v) is 9.76. The molecule has 2 aromatic rings. The van der Waals surface area contributed by atoms with Crippen molar-refractivity contribution in [2.24, 2.45) is 29.1 Å². The number of aromatic nitrogens is 1. The summed E-state index contributed by atoms with van der Waals surface area (Å²) in [6.07, 6.45) is 9.71. The lowest BCUT2D eigenvalue weighted by atomic mass is 9.49. The molecular weight excluding hydrogens is 522 g/mol. The molecule has 4 bridgehead atoms. The minimum absolute atomic E-state index is 0.0229. The van der Waals surface area contributed by atoms with Gasteiger partial charge < -0.3 is 19.1 Å². The van der Waals surface area contributed by atoms with Crippen molar-refractivity contribution in [2.45, 2.75) is 71.9 Å². The maximum absolute atomic E-state index is 14.3. The van der Waals surface area contributed by atoms with Crippen LogP contribution in [0.3, 0.4) is 0 Å². The highest BCUT2D eigenvalue weighted by molar-refractivity contribution is 6.31. The predicted octanol–water partition coefficient (Wildman–Crippen LogP) is 6.26. The summed E-state index contributed by atoms with van der Waals surface area (Å²) in [5.74, 6) is 2.63. The Morgan fingerprint density at radius 3 is 2.33 bits per heavy atom. The Hall–Kier alpha value is -2.31. The van der Waals surface area contributed by atoms with Crippen molar-refractivity contribution < 1.29 is 14.3 Å². The van der Waals surface area contributed by atoms with Gasteiger partial charge in [0.05, 0.1) is 18.5 Å². The number of nitrogens with zero attached hydrogens (tertiary/aromatic N) is 3. The number of ether oxygens (including phenoxy) is 1. The number of hydrogen-bond donors (Lipinski definition) is 0. The topological polar surface area (TPSA) is 54.8 Å². The van der Waals surface area contributed by atoms with E-state index in [9.17, 15) is 9.59 Å². The van der Waals surface area contributed by atoms with Crippen molar-refractivity contribution in [2.75, 3.05) is 33.4 Å². The average Bonchev–Trinajstić information content (AvgIpc) is 3.34. The lowest BCUT2D eigenvalue weighted by Gasteiger charge is -2.56. The molecule has 4 saturated carbocycles. The number of benzene rings is 1. The molecule has 0 N–H and O–H groups in total. The molecule has 1 aromatic heterocycles. The van der Waals surface area contributed by atoms with Crippen LogP contribution in [0.15, 0.2) is 42.6 Å². The molecule has 0 radical (unpaired) electrons. The van der Waals surface area contributed by atoms with Gasteiger partial charge in [0.25, 0.3) is 0 Å². The molecule has 0 spiro atoms. The summed E-state index contributed by atoms with van der Waals surface area (Å²) in [5, 5.41) is 0.743. The summed E-state index contributed by atoms with van der Waals surface area (Å²) in [6, 6.07) is 12.0. The maximum Gasteiger partial charge on any atom is 0.242 e. The maximum atomic E-state index is 14.3. The Bertz CT molecular complexity index is 1140. The van der Waals surface area contributed by atoms with E-state index in [1.54, 1.807) is 7.11 Å². The number of hydrogen-bond acceptors (Lipinski definition) is 3. The predicted molar refractivity (Wildman–Crippen MR) is 159 cm³/mol. The number of methoxy groups -OCH3 is 1. The molecule has 4 aliphatic carbocycles. The summed E-state index contributed by atoms with van der Waals surface area (Å²) in [6.45, 7) is 7.38. The van der Waals surface area contributed by atoms with E-state index >= 15 is 0 Å². The molecule has 2 amide bonds. The van der Waals surface area contributed by atoms with Crippen LogP contribution in [0, 0.1) is 29.1 Å². The largest absolute Gasteiger partial charge is 0.385 e. The van der Waals surface area contributed by atoms with Gasteiger partial charge in [0.2, 0.25) is 11.8 Å². The van der Waals surface area contributed by atoms with Gasteiger partial charge in [0.15, 0.2) is 0 Å². The molecular formula is C33H46ClN3O3. The lowest BCUT2D eigenvalue weighted by molar-refractivity contribution is -0.160. The monoisotopic (exact) mass is 567 g/mol. The SMILES string of the molecule is COCCCN(CC(=O)N(Cc1cccn1Cc1ccccc1Cl)CC(C)C)C(=O)C12CC3CC(CC(C3)C1)C2. The van der Waals surface area contributed by atoms with Gasteiger partial charge in [-0.3, -0.25) is 9.59 Å². The van der Waals surface area contributed by atoms with Crippen molar-refractivity contribution in [1.29, 1.82) is 0 Å². The molecule has 40 heavy (non-hydrogen) atoms. The van der Waals surface area contributed by atoms with Crippen molar-refractivity contribution in [3.63, 3.8) is 0 Å². The Morgan fingerprint density at radius 1 is 1.02 bits per heavy atom. The highest BCUT2D eigenvalue weighted by Gasteiger charge is 2.55. The highest BCUT2D eigenvalue weighted by atomic mass is 35.5. The Kier molecular flexibility index (Phi) is 9.26. The number of carbonyl (C=O) groups is 2. The van der Waals surface area contributed by atoms with E-state index in [1.807, 2.05) is 46.3 Å². The molecule has 1 aromatic carbocycles. The Labute approximate surface area is 245 Å². The van der Waals surface area contributed by atoms with Gasteiger partial charge in [-0.25, -0.2) is 0 Å². The van der Waals surface area contributed by atoms with Gasteiger partial charge >= 0.3 is 0 Å². The van der Waals surface area contributed by atoms with Crippen LogP contribution >= 0.6 is 11.6 Å². The fourth-order valence-electron chi connectivity index (χ4n) is 8.07. The molecule has 0 atom stereocenters. The van der Waals surface area contributed by atoms with Crippen LogP contribution in [0.4, 0.5) is 0 Å². The van der Waals surface area contributed by atoms with E-state index in [4.69, 9.17) is 16.3 Å². The standard InChI is InChI=1S/C33H46ClN3O3/c1-24(2)20-37(22-29-9-6-11-35(29)21-28-8-4-5-10-30(28)34)31(38)23-36(12-7-13-40-3)32(39)33-17-25-14-26(18-33)16-27(15-25)19-33/h4-6,8-11,24-27H,7,12-23H2,1-3H3. The molecule has 4 aliphatic rings. The van der Waals surface area contributed by atoms with Crippen molar-refractivity contribution in [3.05, 3.63) is 58.9 Å². The zero-order chi connectivity index (χ0) is 28.3. The van der Waals surface area contributed by atoms with Crippen LogP contribution < -0.4 is 0 Å². The van der Waals surface area contributed by atoms with E-state index in [0.717, 1.165) is 42.0 Å². The second kappa shape index (κ2) is 12.7. The summed E-state index contributed by atoms with van der Waals surface area (Å²) in [7, 11) is 1.69. The van der Waals surface area contributed by atoms with Crippen molar-refractivity contribution >= 4 is 23.4 Å². The second-order valence-electron chi connectivity index (χ2n) is 13.2. The zero-order valence-corrected chi connectivity index (χ0v) is 25.2. The Balaban J connectivity index is 1.32. The smallest absolute Gasteiger partial charge is 0.242 e. The van der Waals surface area contributed by atoms with E-state index in [-0.39, 0.29) is 23.8 Å². The fraction of sp³-hybridized carbons (Fsp3) is 0.636. The van der Waals surface area contributed by atoms with Crippen LogP contribution in [-0.2, 0) is 27.4 Å². The second-order valence-corrected chi connectivity index (χ2v) is 13.6. The van der Waals surface area contributed by atoms with Crippen LogP contribution in [0.2, 0.25) is 5.02 Å². The summed E-state index contributed by atoms with van der Waals surface area (Å²) in [4.78, 5) is 32.1. The van der Waals surface area contributed by atoms with E-state index < -0.39 is 0 Å². The number of rotatable bonds is 13. The third-order valence-electron chi connectivity index (χ3n) is 9.39. The van der Waals surface area contributed by atoms with Gasteiger partial charge in [-0.05, 0) is 92.4 Å².